The zero-order valence-corrected chi connectivity index (χ0v) is 15.7. The van der Waals surface area contributed by atoms with Gasteiger partial charge in [-0.05, 0) is 54.7 Å². The van der Waals surface area contributed by atoms with Crippen LogP contribution in [0.3, 0.4) is 0 Å². The molecule has 0 atom stereocenters. The van der Waals surface area contributed by atoms with E-state index >= 15 is 0 Å². The average Bonchev–Trinajstić information content (AvgIpc) is 3.36. The largest absolute Gasteiger partial charge is 0.312 e. The van der Waals surface area contributed by atoms with Gasteiger partial charge in [-0.2, -0.15) is 0 Å². The van der Waals surface area contributed by atoms with Crippen LogP contribution in [0.1, 0.15) is 24.0 Å². The zero-order valence-electron chi connectivity index (χ0n) is 14.1. The topological polar surface area (TPSA) is 66.5 Å². The van der Waals surface area contributed by atoms with Gasteiger partial charge in [0.25, 0.3) is 0 Å². The molecule has 0 unspecified atom stereocenters. The molecule has 1 aliphatic heterocycles. The highest BCUT2D eigenvalue weighted by molar-refractivity contribution is 7.91. The van der Waals surface area contributed by atoms with Crippen LogP contribution in [-0.2, 0) is 27.0 Å². The van der Waals surface area contributed by atoms with Gasteiger partial charge in [0.2, 0.25) is 15.9 Å². The van der Waals surface area contributed by atoms with Crippen LogP contribution in [0.25, 0.3) is 0 Å². The Hall–Kier alpha value is -2.05. The minimum Gasteiger partial charge on any atom is -0.312 e. The second kappa shape index (κ2) is 6.59. The maximum atomic E-state index is 12.5. The molecule has 1 aliphatic carbocycles. The molecule has 0 saturated heterocycles. The highest BCUT2D eigenvalue weighted by Gasteiger charge is 2.36. The molecule has 7 heteroatoms. The number of nitrogens with zero attached hydrogens (tertiary/aromatic N) is 1. The second-order valence-electron chi connectivity index (χ2n) is 6.85. The second-order valence-corrected chi connectivity index (χ2v) is 9.00. The number of carbonyl (C=O) groups excluding carboxylic acids is 1. The van der Waals surface area contributed by atoms with Crippen molar-refractivity contribution in [3.8, 4) is 0 Å². The Morgan fingerprint density at radius 2 is 1.88 bits per heavy atom. The van der Waals surface area contributed by atoms with Crippen molar-refractivity contribution in [3.05, 3.63) is 58.6 Å². The fraction of sp³-hybridized carbons (Fsp3) is 0.316. The summed E-state index contributed by atoms with van der Waals surface area (Å²) in [7, 11) is -3.56. The van der Waals surface area contributed by atoms with E-state index in [0.29, 0.717) is 22.8 Å². The third-order valence-corrected chi connectivity index (χ3v) is 6.23. The molecule has 26 heavy (non-hydrogen) atoms. The summed E-state index contributed by atoms with van der Waals surface area (Å²) in [6, 6.07) is 12.1. The molecule has 1 fully saturated rings. The van der Waals surface area contributed by atoms with Gasteiger partial charge in [-0.1, -0.05) is 29.8 Å². The lowest BCUT2D eigenvalue weighted by molar-refractivity contribution is -0.119. The standard InChI is InChI=1S/C19H19ClN2O3S/c20-16-6-1-13(2-7-16)12-26(24,25)21-17-8-5-14-9-10-22(18(14)11-17)19(23)15-3-4-15/h1-2,5-8,11,15,21H,3-4,9-10,12H2. The minimum atomic E-state index is -3.56. The van der Waals surface area contributed by atoms with E-state index in [-0.39, 0.29) is 17.6 Å². The van der Waals surface area contributed by atoms with Crippen LogP contribution >= 0.6 is 11.6 Å². The lowest BCUT2D eigenvalue weighted by atomic mass is 10.1. The Bertz CT molecular complexity index is 953. The number of fused-ring (bicyclic) bond motifs is 1. The van der Waals surface area contributed by atoms with Crippen LogP contribution in [0, 0.1) is 5.92 Å². The number of carbonyl (C=O) groups is 1. The van der Waals surface area contributed by atoms with Crippen LogP contribution < -0.4 is 9.62 Å². The SMILES string of the molecule is O=C(C1CC1)N1CCc2ccc(NS(=O)(=O)Cc3ccc(Cl)cc3)cc21. The summed E-state index contributed by atoms with van der Waals surface area (Å²) in [6.45, 7) is 0.672. The van der Waals surface area contributed by atoms with E-state index in [0.717, 1.165) is 30.5 Å². The Kier molecular flexibility index (Phi) is 4.40. The number of nitrogens with one attached hydrogen (secondary N) is 1. The van der Waals surface area contributed by atoms with Crippen LogP contribution in [0.15, 0.2) is 42.5 Å². The van der Waals surface area contributed by atoms with Crippen molar-refractivity contribution in [1.82, 2.24) is 0 Å². The van der Waals surface area contributed by atoms with Crippen LogP contribution in [-0.4, -0.2) is 20.9 Å². The first-order chi connectivity index (χ1) is 12.4. The number of sulfonamides is 1. The monoisotopic (exact) mass is 390 g/mol. The van der Waals surface area contributed by atoms with Crippen molar-refractivity contribution in [2.24, 2.45) is 5.92 Å². The quantitative estimate of drug-likeness (QED) is 0.848. The molecule has 1 amide bonds. The van der Waals surface area contributed by atoms with Gasteiger partial charge in [0.1, 0.15) is 0 Å². The Morgan fingerprint density at radius 3 is 2.58 bits per heavy atom. The molecule has 0 aromatic heterocycles. The summed E-state index contributed by atoms with van der Waals surface area (Å²) >= 11 is 5.84. The summed E-state index contributed by atoms with van der Waals surface area (Å²) in [4.78, 5) is 14.2. The molecule has 0 bridgehead atoms. The predicted molar refractivity (Wildman–Crippen MR) is 103 cm³/mol. The Morgan fingerprint density at radius 1 is 1.15 bits per heavy atom. The molecule has 4 rings (SSSR count). The first-order valence-electron chi connectivity index (χ1n) is 8.60. The maximum Gasteiger partial charge on any atom is 0.236 e. The molecule has 136 valence electrons. The Labute approximate surface area is 158 Å². The van der Waals surface area contributed by atoms with Crippen LogP contribution in [0.2, 0.25) is 5.02 Å². The number of hydrogen-bond donors (Lipinski definition) is 1. The number of benzene rings is 2. The van der Waals surface area contributed by atoms with Crippen molar-refractivity contribution >= 4 is 38.9 Å². The molecule has 5 nitrogen and oxygen atoms in total. The van der Waals surface area contributed by atoms with Gasteiger partial charge >= 0.3 is 0 Å². The fourth-order valence-corrected chi connectivity index (χ4v) is 4.55. The zero-order chi connectivity index (χ0) is 18.3. The van der Waals surface area contributed by atoms with Gasteiger partial charge in [0.15, 0.2) is 0 Å². The van der Waals surface area contributed by atoms with E-state index in [4.69, 9.17) is 11.6 Å². The molecule has 1 heterocycles. The lowest BCUT2D eigenvalue weighted by Crippen LogP contribution is -2.30. The third-order valence-electron chi connectivity index (χ3n) is 4.72. The fourth-order valence-electron chi connectivity index (χ4n) is 3.24. The van der Waals surface area contributed by atoms with Gasteiger partial charge in [0.05, 0.1) is 11.4 Å². The first kappa shape index (κ1) is 17.4. The molecule has 0 spiro atoms. The average molecular weight is 391 g/mol. The van der Waals surface area contributed by atoms with Crippen LogP contribution in [0.5, 0.6) is 0 Å². The lowest BCUT2D eigenvalue weighted by Gasteiger charge is -2.18. The highest BCUT2D eigenvalue weighted by Crippen LogP contribution is 2.37. The van der Waals surface area contributed by atoms with E-state index in [1.54, 1.807) is 41.3 Å². The molecule has 2 aromatic rings. The molecule has 1 saturated carbocycles. The first-order valence-corrected chi connectivity index (χ1v) is 10.6. The Balaban J connectivity index is 1.52. The van der Waals surface area contributed by atoms with Gasteiger partial charge < -0.3 is 4.90 Å². The number of rotatable bonds is 5. The van der Waals surface area contributed by atoms with E-state index in [2.05, 4.69) is 4.72 Å². The summed E-state index contributed by atoms with van der Waals surface area (Å²) in [5, 5.41) is 0.568. The molecular weight excluding hydrogens is 372 g/mol. The maximum absolute atomic E-state index is 12.5. The van der Waals surface area contributed by atoms with Crippen molar-refractivity contribution in [2.45, 2.75) is 25.0 Å². The predicted octanol–water partition coefficient (Wildman–Crippen LogP) is 3.58. The van der Waals surface area contributed by atoms with Crippen molar-refractivity contribution in [1.29, 1.82) is 0 Å². The van der Waals surface area contributed by atoms with Gasteiger partial charge in [-0.3, -0.25) is 9.52 Å². The number of hydrogen-bond acceptors (Lipinski definition) is 3. The minimum absolute atomic E-state index is 0.133. The van der Waals surface area contributed by atoms with Crippen molar-refractivity contribution in [2.75, 3.05) is 16.2 Å². The number of anilines is 2. The summed E-state index contributed by atoms with van der Waals surface area (Å²) < 4.78 is 27.5. The van der Waals surface area contributed by atoms with E-state index in [1.165, 1.54) is 0 Å². The number of halogens is 1. The van der Waals surface area contributed by atoms with E-state index < -0.39 is 10.0 Å². The molecule has 2 aliphatic rings. The van der Waals surface area contributed by atoms with Crippen molar-refractivity contribution in [3.63, 3.8) is 0 Å². The van der Waals surface area contributed by atoms with Gasteiger partial charge in [-0.15, -0.1) is 0 Å². The van der Waals surface area contributed by atoms with Crippen molar-refractivity contribution < 1.29 is 13.2 Å². The molecule has 2 aromatic carbocycles. The van der Waals surface area contributed by atoms with E-state index in [9.17, 15) is 13.2 Å². The smallest absolute Gasteiger partial charge is 0.236 e. The molecular formula is C19H19ClN2O3S. The van der Waals surface area contributed by atoms with Gasteiger partial charge in [0, 0.05) is 23.2 Å². The normalized spacial score (nSPS) is 16.4. The summed E-state index contributed by atoms with van der Waals surface area (Å²) in [6.07, 6.45) is 2.72. The van der Waals surface area contributed by atoms with Gasteiger partial charge in [-0.25, -0.2) is 8.42 Å². The summed E-state index contributed by atoms with van der Waals surface area (Å²) in [5.74, 6) is 0.169. The number of amides is 1. The molecule has 0 radical (unpaired) electrons. The molecule has 1 N–H and O–H groups in total. The summed E-state index contributed by atoms with van der Waals surface area (Å²) in [5.41, 5.74) is 3.05. The third kappa shape index (κ3) is 3.71. The highest BCUT2D eigenvalue weighted by atomic mass is 35.5. The van der Waals surface area contributed by atoms with Crippen LogP contribution in [0.4, 0.5) is 11.4 Å². The van der Waals surface area contributed by atoms with E-state index in [1.807, 2.05) is 6.07 Å².